The number of benzene rings is 1. The summed E-state index contributed by atoms with van der Waals surface area (Å²) in [6, 6.07) is 11.9. The second-order valence-corrected chi connectivity index (χ2v) is 8.89. The second kappa shape index (κ2) is 9.09. The van der Waals surface area contributed by atoms with Gasteiger partial charge in [-0.2, -0.15) is 13.2 Å². The Kier molecular flexibility index (Phi) is 6.35. The molecule has 0 aliphatic heterocycles. The Labute approximate surface area is 197 Å². The zero-order valence-corrected chi connectivity index (χ0v) is 19.5. The lowest BCUT2D eigenvalue weighted by atomic mass is 10.2. The van der Waals surface area contributed by atoms with Gasteiger partial charge in [0.1, 0.15) is 12.4 Å². The molecular weight excluding hydrogens is 465 g/mol. The molecule has 4 rings (SSSR count). The van der Waals surface area contributed by atoms with Gasteiger partial charge in [-0.15, -0.1) is 0 Å². The standard InChI is InChI=1S/C24H21F3N4O2S/c1-14-8-9-21(28-11-14)31-22(33)17-6-4-5-7-19(17)29-23(31)34-12-20(32)18-10-15(2)30(16(18)3)13-24(25,26)27/h4-11H,12-13H2,1-3H3. The van der Waals surface area contributed by atoms with Crippen molar-refractivity contribution in [3.63, 3.8) is 0 Å². The molecule has 0 radical (unpaired) electrons. The molecule has 0 saturated heterocycles. The van der Waals surface area contributed by atoms with E-state index in [-0.39, 0.29) is 33.5 Å². The quantitative estimate of drug-likeness (QED) is 0.217. The summed E-state index contributed by atoms with van der Waals surface area (Å²) in [6.07, 6.45) is -2.76. The molecule has 3 heterocycles. The van der Waals surface area contributed by atoms with E-state index in [1.54, 1.807) is 36.5 Å². The number of aryl methyl sites for hydroxylation is 2. The van der Waals surface area contributed by atoms with Gasteiger partial charge in [0.25, 0.3) is 5.56 Å². The zero-order chi connectivity index (χ0) is 24.6. The van der Waals surface area contributed by atoms with Crippen LogP contribution in [0.5, 0.6) is 0 Å². The van der Waals surface area contributed by atoms with Gasteiger partial charge in [0.2, 0.25) is 0 Å². The number of hydrogen-bond donors (Lipinski definition) is 0. The molecular formula is C24H21F3N4O2S. The fraction of sp³-hybridized carbons (Fsp3) is 0.250. The normalized spacial score (nSPS) is 11.8. The van der Waals surface area contributed by atoms with Gasteiger partial charge < -0.3 is 4.57 Å². The number of para-hydroxylation sites is 1. The monoisotopic (exact) mass is 486 g/mol. The number of pyridine rings is 1. The van der Waals surface area contributed by atoms with Crippen LogP contribution in [0.4, 0.5) is 13.2 Å². The predicted molar refractivity (Wildman–Crippen MR) is 125 cm³/mol. The molecule has 0 aliphatic rings. The molecule has 0 amide bonds. The Bertz CT molecular complexity index is 1440. The van der Waals surface area contributed by atoms with Crippen molar-refractivity contribution >= 4 is 28.4 Å². The molecule has 0 unspecified atom stereocenters. The Morgan fingerprint density at radius 3 is 2.50 bits per heavy atom. The average Bonchev–Trinajstić information content (AvgIpc) is 3.05. The number of halogens is 3. The first-order valence-electron chi connectivity index (χ1n) is 10.4. The van der Waals surface area contributed by atoms with Crippen LogP contribution in [0.15, 0.2) is 58.6 Å². The number of Topliss-reactive ketones (excluding diaryl/α,β-unsaturated/α-hetero) is 1. The van der Waals surface area contributed by atoms with Crippen LogP contribution in [0.1, 0.15) is 27.3 Å². The SMILES string of the molecule is Cc1ccc(-n2c(SCC(=O)c3cc(C)n(CC(F)(F)F)c3C)nc3ccccc3c2=O)nc1. The van der Waals surface area contributed by atoms with Crippen LogP contribution >= 0.6 is 11.8 Å². The molecule has 1 aromatic carbocycles. The first-order chi connectivity index (χ1) is 16.0. The summed E-state index contributed by atoms with van der Waals surface area (Å²) >= 11 is 1.05. The molecule has 0 N–H and O–H groups in total. The van der Waals surface area contributed by atoms with Crippen LogP contribution in [-0.4, -0.2) is 36.8 Å². The van der Waals surface area contributed by atoms with Gasteiger partial charge in [-0.25, -0.2) is 14.5 Å². The highest BCUT2D eigenvalue weighted by Crippen LogP contribution is 2.26. The molecule has 0 fully saturated rings. The highest BCUT2D eigenvalue weighted by atomic mass is 32.2. The molecule has 4 aromatic rings. The highest BCUT2D eigenvalue weighted by Gasteiger charge is 2.30. The lowest BCUT2D eigenvalue weighted by Crippen LogP contribution is -2.23. The first kappa shape index (κ1) is 23.7. The van der Waals surface area contributed by atoms with E-state index in [1.807, 2.05) is 13.0 Å². The predicted octanol–water partition coefficient (Wildman–Crippen LogP) is 5.04. The summed E-state index contributed by atoms with van der Waals surface area (Å²) in [5, 5.41) is 0.689. The largest absolute Gasteiger partial charge is 0.406 e. The summed E-state index contributed by atoms with van der Waals surface area (Å²) in [5.74, 6) is -0.0862. The molecule has 6 nitrogen and oxygen atoms in total. The van der Waals surface area contributed by atoms with Crippen molar-refractivity contribution in [3.05, 3.63) is 81.5 Å². The number of nitrogens with zero attached hydrogens (tertiary/aromatic N) is 4. The number of thioether (sulfide) groups is 1. The number of fused-ring (bicyclic) bond motifs is 1. The van der Waals surface area contributed by atoms with E-state index < -0.39 is 12.7 Å². The van der Waals surface area contributed by atoms with E-state index in [1.165, 1.54) is 24.5 Å². The van der Waals surface area contributed by atoms with Gasteiger partial charge >= 0.3 is 6.18 Å². The van der Waals surface area contributed by atoms with Crippen LogP contribution in [0.25, 0.3) is 16.7 Å². The van der Waals surface area contributed by atoms with E-state index >= 15 is 0 Å². The number of hydrogen-bond acceptors (Lipinski definition) is 5. The lowest BCUT2D eigenvalue weighted by molar-refractivity contribution is -0.141. The van der Waals surface area contributed by atoms with Crippen molar-refractivity contribution in [2.24, 2.45) is 0 Å². The van der Waals surface area contributed by atoms with E-state index in [2.05, 4.69) is 9.97 Å². The summed E-state index contributed by atoms with van der Waals surface area (Å²) in [6.45, 7) is 3.75. The van der Waals surface area contributed by atoms with Crippen molar-refractivity contribution in [1.82, 2.24) is 19.1 Å². The van der Waals surface area contributed by atoms with Crippen molar-refractivity contribution < 1.29 is 18.0 Å². The number of carbonyl (C=O) groups is 1. The number of alkyl halides is 3. The fourth-order valence-corrected chi connectivity index (χ4v) is 4.60. The molecule has 34 heavy (non-hydrogen) atoms. The highest BCUT2D eigenvalue weighted by molar-refractivity contribution is 7.99. The molecule has 3 aromatic heterocycles. The van der Waals surface area contributed by atoms with Crippen molar-refractivity contribution in [1.29, 1.82) is 0 Å². The Hall–Kier alpha value is -3.40. The smallest absolute Gasteiger partial charge is 0.339 e. The molecule has 0 aliphatic carbocycles. The van der Waals surface area contributed by atoms with Crippen molar-refractivity contribution in [2.45, 2.75) is 38.6 Å². The molecule has 0 bridgehead atoms. The summed E-state index contributed by atoms with van der Waals surface area (Å²) < 4.78 is 41.2. The first-order valence-corrected chi connectivity index (χ1v) is 11.4. The molecule has 0 saturated carbocycles. The third kappa shape index (κ3) is 4.77. The Balaban J connectivity index is 1.70. The number of ketones is 1. The van der Waals surface area contributed by atoms with Gasteiger partial charge in [-0.1, -0.05) is 30.0 Å². The van der Waals surface area contributed by atoms with Crippen molar-refractivity contribution in [3.8, 4) is 5.82 Å². The van der Waals surface area contributed by atoms with Gasteiger partial charge in [0.15, 0.2) is 10.9 Å². The van der Waals surface area contributed by atoms with E-state index in [4.69, 9.17) is 0 Å². The Morgan fingerprint density at radius 1 is 1.09 bits per heavy atom. The molecule has 0 atom stereocenters. The van der Waals surface area contributed by atoms with Crippen molar-refractivity contribution in [2.75, 3.05) is 5.75 Å². The number of aromatic nitrogens is 4. The zero-order valence-electron chi connectivity index (χ0n) is 18.7. The van der Waals surface area contributed by atoms with Crippen LogP contribution < -0.4 is 5.56 Å². The minimum atomic E-state index is -4.39. The maximum atomic E-state index is 13.3. The third-order valence-corrected chi connectivity index (χ3v) is 6.35. The fourth-order valence-electron chi connectivity index (χ4n) is 3.72. The Morgan fingerprint density at radius 2 is 1.82 bits per heavy atom. The average molecular weight is 487 g/mol. The van der Waals surface area contributed by atoms with Crippen LogP contribution in [0.3, 0.4) is 0 Å². The summed E-state index contributed by atoms with van der Waals surface area (Å²) in [7, 11) is 0. The third-order valence-electron chi connectivity index (χ3n) is 5.41. The van der Waals surface area contributed by atoms with Gasteiger partial charge in [0.05, 0.1) is 16.7 Å². The number of carbonyl (C=O) groups excluding carboxylic acids is 1. The van der Waals surface area contributed by atoms with Gasteiger partial charge in [0, 0.05) is 23.1 Å². The van der Waals surface area contributed by atoms with Crippen LogP contribution in [0, 0.1) is 20.8 Å². The molecule has 10 heteroatoms. The van der Waals surface area contributed by atoms with E-state index in [9.17, 15) is 22.8 Å². The number of rotatable bonds is 6. The van der Waals surface area contributed by atoms with E-state index in [0.717, 1.165) is 21.9 Å². The maximum Gasteiger partial charge on any atom is 0.406 e. The van der Waals surface area contributed by atoms with E-state index in [0.29, 0.717) is 22.4 Å². The van der Waals surface area contributed by atoms with Crippen LogP contribution in [0.2, 0.25) is 0 Å². The van der Waals surface area contributed by atoms with Crippen LogP contribution in [-0.2, 0) is 6.54 Å². The second-order valence-electron chi connectivity index (χ2n) is 7.94. The van der Waals surface area contributed by atoms with Gasteiger partial charge in [-0.05, 0) is 50.6 Å². The summed E-state index contributed by atoms with van der Waals surface area (Å²) in [5.41, 5.74) is 1.91. The lowest BCUT2D eigenvalue weighted by Gasteiger charge is -2.13. The topological polar surface area (TPSA) is 69.8 Å². The molecule has 176 valence electrons. The molecule has 0 spiro atoms. The minimum Gasteiger partial charge on any atom is -0.339 e. The minimum absolute atomic E-state index is 0.104. The summed E-state index contributed by atoms with van der Waals surface area (Å²) in [4.78, 5) is 35.1. The van der Waals surface area contributed by atoms with Gasteiger partial charge in [-0.3, -0.25) is 9.59 Å². The maximum absolute atomic E-state index is 13.3.